The first-order valence-corrected chi connectivity index (χ1v) is 13.9. The number of H-pyrrole nitrogens is 1. The number of fused-ring (bicyclic) bond motifs is 2. The van der Waals surface area contributed by atoms with E-state index in [9.17, 15) is 0 Å². The van der Waals surface area contributed by atoms with Gasteiger partial charge in [-0.1, -0.05) is 55.5 Å². The first-order valence-electron chi connectivity index (χ1n) is 13.9. The van der Waals surface area contributed by atoms with Gasteiger partial charge in [0.2, 0.25) is 5.82 Å². The third kappa shape index (κ3) is 4.25. The van der Waals surface area contributed by atoms with Crippen LogP contribution in [0.5, 0.6) is 0 Å². The number of hydrogen-bond acceptors (Lipinski definition) is 6. The lowest BCUT2D eigenvalue weighted by Gasteiger charge is -2.18. The normalized spacial score (nSPS) is 14.6. The van der Waals surface area contributed by atoms with Gasteiger partial charge in [0.1, 0.15) is 11.3 Å². The number of aromatic amines is 1. The minimum atomic E-state index is 0.217. The van der Waals surface area contributed by atoms with Crippen molar-refractivity contribution in [1.29, 1.82) is 0 Å². The van der Waals surface area contributed by atoms with Gasteiger partial charge >= 0.3 is 0 Å². The topological polar surface area (TPSA) is 98.1 Å². The molecule has 1 aliphatic carbocycles. The average molecular weight is 527 g/mol. The zero-order valence-electron chi connectivity index (χ0n) is 22.7. The minimum absolute atomic E-state index is 0.217. The Bertz CT molecular complexity index is 1800. The lowest BCUT2D eigenvalue weighted by atomic mass is 9.96. The lowest BCUT2D eigenvalue weighted by Crippen LogP contribution is -2.12. The number of benzene rings is 2. The fourth-order valence-corrected chi connectivity index (χ4v) is 6.07. The number of tetrazole rings is 1. The van der Waals surface area contributed by atoms with E-state index in [1.807, 2.05) is 30.5 Å². The summed E-state index contributed by atoms with van der Waals surface area (Å²) in [6.07, 6.45) is 6.48. The quantitative estimate of drug-likeness (QED) is 0.280. The molecule has 2 aromatic carbocycles. The van der Waals surface area contributed by atoms with Gasteiger partial charge in [-0.25, -0.2) is 9.97 Å². The van der Waals surface area contributed by atoms with Crippen LogP contribution in [-0.2, 0) is 25.7 Å². The molecule has 0 radical (unpaired) electrons. The highest BCUT2D eigenvalue weighted by Crippen LogP contribution is 2.40. The van der Waals surface area contributed by atoms with Gasteiger partial charge in [0.25, 0.3) is 0 Å². The SMILES string of the molecule is CCc1nc2c(C)cc(CCc3ccccn3)nc2n1[C@H]1CCc2cc(-c3ccccc3-c3nn[nH]n3)ccc21. The van der Waals surface area contributed by atoms with E-state index in [0.717, 1.165) is 77.2 Å². The number of aryl methyl sites for hydroxylation is 5. The van der Waals surface area contributed by atoms with Gasteiger partial charge in [0.05, 0.1) is 6.04 Å². The highest BCUT2D eigenvalue weighted by molar-refractivity contribution is 5.81. The van der Waals surface area contributed by atoms with E-state index >= 15 is 0 Å². The molecule has 4 heterocycles. The Morgan fingerprint density at radius 1 is 0.925 bits per heavy atom. The molecule has 0 spiro atoms. The van der Waals surface area contributed by atoms with Crippen molar-refractivity contribution in [2.24, 2.45) is 0 Å². The van der Waals surface area contributed by atoms with Crippen molar-refractivity contribution in [3.8, 4) is 22.5 Å². The number of imidazole rings is 1. The van der Waals surface area contributed by atoms with Gasteiger partial charge < -0.3 is 4.57 Å². The summed E-state index contributed by atoms with van der Waals surface area (Å²) in [6, 6.07) is 23.6. The van der Waals surface area contributed by atoms with E-state index in [1.54, 1.807) is 0 Å². The Labute approximate surface area is 232 Å². The second kappa shape index (κ2) is 10.1. The van der Waals surface area contributed by atoms with Gasteiger partial charge in [-0.3, -0.25) is 4.98 Å². The minimum Gasteiger partial charge on any atom is -0.305 e. The molecule has 6 aromatic rings. The van der Waals surface area contributed by atoms with Crippen LogP contribution in [0.2, 0.25) is 0 Å². The maximum Gasteiger partial charge on any atom is 0.205 e. The molecule has 0 saturated heterocycles. The summed E-state index contributed by atoms with van der Waals surface area (Å²) >= 11 is 0. The summed E-state index contributed by atoms with van der Waals surface area (Å²) in [5.41, 5.74) is 11.3. The molecule has 0 saturated carbocycles. The number of pyridine rings is 2. The van der Waals surface area contributed by atoms with Crippen LogP contribution in [0.1, 0.15) is 53.3 Å². The van der Waals surface area contributed by atoms with Crippen LogP contribution < -0.4 is 0 Å². The zero-order valence-corrected chi connectivity index (χ0v) is 22.7. The van der Waals surface area contributed by atoms with Gasteiger partial charge in [-0.2, -0.15) is 5.21 Å². The van der Waals surface area contributed by atoms with E-state index in [0.29, 0.717) is 5.82 Å². The average Bonchev–Trinajstić information content (AvgIpc) is 3.75. The number of hydrogen-bond donors (Lipinski definition) is 1. The van der Waals surface area contributed by atoms with Crippen molar-refractivity contribution in [3.63, 3.8) is 0 Å². The van der Waals surface area contributed by atoms with Crippen molar-refractivity contribution in [1.82, 2.24) is 40.1 Å². The van der Waals surface area contributed by atoms with E-state index in [-0.39, 0.29) is 6.04 Å². The molecule has 0 fully saturated rings. The molecule has 4 aromatic heterocycles. The molecule has 1 atom stereocenters. The number of nitrogens with zero attached hydrogens (tertiary/aromatic N) is 7. The third-order valence-electron chi connectivity index (χ3n) is 7.97. The molecule has 1 N–H and O–H groups in total. The Morgan fingerprint density at radius 3 is 2.58 bits per heavy atom. The Hall–Kier alpha value is -4.72. The van der Waals surface area contributed by atoms with E-state index in [4.69, 9.17) is 9.97 Å². The Balaban J connectivity index is 1.26. The van der Waals surface area contributed by atoms with Crippen molar-refractivity contribution in [3.05, 3.63) is 107 Å². The van der Waals surface area contributed by atoms with Gasteiger partial charge in [0, 0.05) is 29.6 Å². The van der Waals surface area contributed by atoms with Crippen molar-refractivity contribution < 1.29 is 0 Å². The molecule has 198 valence electrons. The van der Waals surface area contributed by atoms with Crippen LogP contribution in [0.3, 0.4) is 0 Å². The van der Waals surface area contributed by atoms with Crippen molar-refractivity contribution in [2.75, 3.05) is 0 Å². The first kappa shape index (κ1) is 24.3. The summed E-state index contributed by atoms with van der Waals surface area (Å²) < 4.78 is 2.41. The van der Waals surface area contributed by atoms with Crippen molar-refractivity contribution >= 4 is 11.2 Å². The number of aromatic nitrogens is 8. The molecule has 0 unspecified atom stereocenters. The number of nitrogens with one attached hydrogen (secondary N) is 1. The molecule has 8 nitrogen and oxygen atoms in total. The highest BCUT2D eigenvalue weighted by Gasteiger charge is 2.29. The molecule has 1 aliphatic rings. The van der Waals surface area contributed by atoms with Crippen LogP contribution in [0.4, 0.5) is 0 Å². The maximum atomic E-state index is 5.19. The van der Waals surface area contributed by atoms with Gasteiger partial charge in [-0.15, -0.1) is 10.2 Å². The summed E-state index contributed by atoms with van der Waals surface area (Å²) in [4.78, 5) is 14.8. The van der Waals surface area contributed by atoms with E-state index in [2.05, 4.69) is 86.5 Å². The van der Waals surface area contributed by atoms with E-state index < -0.39 is 0 Å². The summed E-state index contributed by atoms with van der Waals surface area (Å²) in [5, 5.41) is 14.8. The predicted molar refractivity (Wildman–Crippen MR) is 155 cm³/mol. The van der Waals surface area contributed by atoms with Gasteiger partial charge in [0.15, 0.2) is 5.65 Å². The molecular weight excluding hydrogens is 496 g/mol. The number of rotatable bonds is 7. The first-order chi connectivity index (χ1) is 19.7. The van der Waals surface area contributed by atoms with Crippen molar-refractivity contribution in [2.45, 2.75) is 52.0 Å². The standard InChI is InChI=1S/C32H30N8/c1-3-29-35-30-20(2)18-24(14-13-23-8-6-7-17-33-23)34-32(30)40(29)28-16-12-22-19-21(11-15-26(22)28)25-9-4-5-10-27(25)31-36-38-39-37-31/h4-11,15,17-19,28H,3,12-14,16H2,1-2H3,(H,36,37,38,39)/t28-/m0/s1. The maximum absolute atomic E-state index is 5.19. The molecule has 0 bridgehead atoms. The fourth-order valence-electron chi connectivity index (χ4n) is 6.07. The Kier molecular flexibility index (Phi) is 6.15. The molecule has 7 rings (SSSR count). The van der Waals surface area contributed by atoms with Gasteiger partial charge in [-0.05, 0) is 83.8 Å². The molecule has 8 heteroatoms. The second-order valence-electron chi connectivity index (χ2n) is 10.4. The fraction of sp³-hybridized carbons (Fsp3) is 0.250. The molecule has 0 amide bonds. The second-order valence-corrected chi connectivity index (χ2v) is 10.4. The lowest BCUT2D eigenvalue weighted by molar-refractivity contribution is 0.566. The third-order valence-corrected chi connectivity index (χ3v) is 7.97. The molecule has 40 heavy (non-hydrogen) atoms. The largest absolute Gasteiger partial charge is 0.305 e. The monoisotopic (exact) mass is 526 g/mol. The van der Waals surface area contributed by atoms with Crippen LogP contribution in [0.15, 0.2) is 72.9 Å². The molecular formula is C32H30N8. The summed E-state index contributed by atoms with van der Waals surface area (Å²) in [7, 11) is 0. The van der Waals surface area contributed by atoms with E-state index in [1.165, 1.54) is 16.7 Å². The predicted octanol–water partition coefficient (Wildman–Crippen LogP) is 5.87. The summed E-state index contributed by atoms with van der Waals surface area (Å²) in [6.45, 7) is 4.34. The van der Waals surface area contributed by atoms with Crippen LogP contribution in [0, 0.1) is 6.92 Å². The smallest absolute Gasteiger partial charge is 0.205 e. The van der Waals surface area contributed by atoms with Crippen LogP contribution >= 0.6 is 0 Å². The Morgan fingerprint density at radius 2 is 1.77 bits per heavy atom. The summed E-state index contributed by atoms with van der Waals surface area (Å²) in [5.74, 6) is 1.70. The van der Waals surface area contributed by atoms with Crippen LogP contribution in [-0.4, -0.2) is 40.1 Å². The van der Waals surface area contributed by atoms with Crippen LogP contribution in [0.25, 0.3) is 33.7 Å². The highest BCUT2D eigenvalue weighted by atomic mass is 15.5. The molecule has 0 aliphatic heterocycles. The zero-order chi connectivity index (χ0) is 27.1.